The third-order valence-electron chi connectivity index (χ3n) is 4.40. The zero-order valence-corrected chi connectivity index (χ0v) is 11.4. The summed E-state index contributed by atoms with van der Waals surface area (Å²) in [5.74, 6) is 0. The molecule has 0 aromatic rings. The highest BCUT2D eigenvalue weighted by Gasteiger charge is 2.48. The molecule has 16 heavy (non-hydrogen) atoms. The highest BCUT2D eigenvalue weighted by Crippen LogP contribution is 2.46. The first-order valence-electron chi connectivity index (χ1n) is 6.82. The first-order chi connectivity index (χ1) is 7.45. The van der Waals surface area contributed by atoms with Crippen LogP contribution >= 0.6 is 0 Å². The Kier molecular flexibility index (Phi) is 3.33. The first-order valence-corrected chi connectivity index (χ1v) is 6.82. The largest absolute Gasteiger partial charge is 0.379 e. The smallest absolute Gasteiger partial charge is 0.0575 e. The molecule has 0 aromatic carbocycles. The fourth-order valence-electron chi connectivity index (χ4n) is 3.16. The summed E-state index contributed by atoms with van der Waals surface area (Å²) in [6.07, 6.45) is 5.88. The zero-order chi connectivity index (χ0) is 11.8. The Labute approximate surface area is 100 Å². The predicted molar refractivity (Wildman–Crippen MR) is 67.6 cm³/mol. The molecule has 0 unspecified atom stereocenters. The van der Waals surface area contributed by atoms with E-state index in [0.29, 0.717) is 17.1 Å². The van der Waals surface area contributed by atoms with Crippen molar-refractivity contribution in [2.24, 2.45) is 5.41 Å². The quantitative estimate of drug-likeness (QED) is 0.716. The van der Waals surface area contributed by atoms with Gasteiger partial charge in [0.25, 0.3) is 0 Å². The first kappa shape index (κ1) is 12.4. The van der Waals surface area contributed by atoms with E-state index in [2.05, 4.69) is 32.6 Å². The molecule has 2 nitrogen and oxygen atoms in total. The summed E-state index contributed by atoms with van der Waals surface area (Å²) >= 11 is 0. The topological polar surface area (TPSA) is 12.5 Å². The molecule has 2 aliphatic rings. The number of likely N-dealkylation sites (tertiary alicyclic amines) is 1. The van der Waals surface area contributed by atoms with E-state index in [0.717, 1.165) is 6.61 Å². The van der Waals surface area contributed by atoms with E-state index < -0.39 is 0 Å². The monoisotopic (exact) mass is 225 g/mol. The summed E-state index contributed by atoms with van der Waals surface area (Å²) in [6.45, 7) is 12.6. The van der Waals surface area contributed by atoms with Crippen LogP contribution in [-0.4, -0.2) is 36.2 Å². The SMILES string of the molecule is CCOC1CCC2(CC1)CN(C(C)(C)C)C2. The Hall–Kier alpha value is -0.0800. The molecule has 94 valence electrons. The van der Waals surface area contributed by atoms with E-state index in [9.17, 15) is 0 Å². The van der Waals surface area contributed by atoms with Gasteiger partial charge >= 0.3 is 0 Å². The van der Waals surface area contributed by atoms with E-state index in [1.54, 1.807) is 0 Å². The van der Waals surface area contributed by atoms with E-state index in [-0.39, 0.29) is 0 Å². The second kappa shape index (κ2) is 4.30. The van der Waals surface area contributed by atoms with Crippen LogP contribution in [0.5, 0.6) is 0 Å². The lowest BCUT2D eigenvalue weighted by Crippen LogP contribution is -2.63. The molecule has 1 aliphatic heterocycles. The number of ether oxygens (including phenoxy) is 1. The molecule has 0 radical (unpaired) electrons. The Balaban J connectivity index is 1.79. The highest BCUT2D eigenvalue weighted by atomic mass is 16.5. The lowest BCUT2D eigenvalue weighted by Gasteiger charge is -2.58. The summed E-state index contributed by atoms with van der Waals surface area (Å²) in [5.41, 5.74) is 1.02. The van der Waals surface area contributed by atoms with Crippen molar-refractivity contribution < 1.29 is 4.74 Å². The van der Waals surface area contributed by atoms with Gasteiger partial charge in [-0.05, 0) is 58.8 Å². The summed E-state index contributed by atoms with van der Waals surface area (Å²) < 4.78 is 5.73. The van der Waals surface area contributed by atoms with Gasteiger partial charge < -0.3 is 4.74 Å². The number of rotatable bonds is 2. The van der Waals surface area contributed by atoms with Gasteiger partial charge in [0.2, 0.25) is 0 Å². The van der Waals surface area contributed by atoms with Crippen molar-refractivity contribution in [3.8, 4) is 0 Å². The van der Waals surface area contributed by atoms with Crippen LogP contribution in [0.25, 0.3) is 0 Å². The number of nitrogens with zero attached hydrogens (tertiary/aromatic N) is 1. The molecule has 0 N–H and O–H groups in total. The van der Waals surface area contributed by atoms with Crippen LogP contribution in [0.4, 0.5) is 0 Å². The normalized spacial score (nSPS) is 27.0. The van der Waals surface area contributed by atoms with Crippen LogP contribution < -0.4 is 0 Å². The molecule has 2 fully saturated rings. The van der Waals surface area contributed by atoms with Crippen LogP contribution in [0.15, 0.2) is 0 Å². The average Bonchev–Trinajstić information content (AvgIpc) is 2.14. The molecule has 2 rings (SSSR count). The second-order valence-electron chi connectivity index (χ2n) is 6.68. The third kappa shape index (κ3) is 2.43. The van der Waals surface area contributed by atoms with E-state index in [4.69, 9.17) is 4.74 Å². The summed E-state index contributed by atoms with van der Waals surface area (Å²) in [5, 5.41) is 0. The van der Waals surface area contributed by atoms with Crippen molar-refractivity contribution in [2.75, 3.05) is 19.7 Å². The molecule has 0 amide bonds. The molecule has 1 spiro atoms. The maximum absolute atomic E-state index is 5.73. The van der Waals surface area contributed by atoms with Crippen LogP contribution in [0.1, 0.15) is 53.4 Å². The van der Waals surface area contributed by atoms with Gasteiger partial charge in [-0.15, -0.1) is 0 Å². The van der Waals surface area contributed by atoms with Gasteiger partial charge in [0.05, 0.1) is 6.10 Å². The van der Waals surface area contributed by atoms with Gasteiger partial charge in [-0.1, -0.05) is 0 Å². The fraction of sp³-hybridized carbons (Fsp3) is 1.00. The van der Waals surface area contributed by atoms with Crippen molar-refractivity contribution in [3.63, 3.8) is 0 Å². The minimum absolute atomic E-state index is 0.363. The summed E-state index contributed by atoms with van der Waals surface area (Å²) in [7, 11) is 0. The summed E-state index contributed by atoms with van der Waals surface area (Å²) in [4.78, 5) is 2.62. The minimum atomic E-state index is 0.363. The van der Waals surface area contributed by atoms with Crippen molar-refractivity contribution in [3.05, 3.63) is 0 Å². The molecule has 2 heteroatoms. The Morgan fingerprint density at radius 3 is 2.19 bits per heavy atom. The highest BCUT2D eigenvalue weighted by molar-refractivity contribution is 5.01. The average molecular weight is 225 g/mol. The van der Waals surface area contributed by atoms with Crippen molar-refractivity contribution in [1.29, 1.82) is 0 Å². The molecule has 0 atom stereocenters. The van der Waals surface area contributed by atoms with E-state index in [1.807, 2.05) is 0 Å². The molecule has 1 aliphatic carbocycles. The van der Waals surface area contributed by atoms with E-state index in [1.165, 1.54) is 38.8 Å². The second-order valence-corrected chi connectivity index (χ2v) is 6.68. The van der Waals surface area contributed by atoms with Gasteiger partial charge in [-0.3, -0.25) is 4.90 Å². The Morgan fingerprint density at radius 2 is 1.75 bits per heavy atom. The lowest BCUT2D eigenvalue weighted by molar-refractivity contribution is -0.102. The molecule has 0 bridgehead atoms. The maximum Gasteiger partial charge on any atom is 0.0575 e. The van der Waals surface area contributed by atoms with Crippen molar-refractivity contribution in [1.82, 2.24) is 4.90 Å². The molecular formula is C14H27NO. The van der Waals surface area contributed by atoms with Crippen LogP contribution in [0, 0.1) is 5.41 Å². The van der Waals surface area contributed by atoms with Gasteiger partial charge in [0.15, 0.2) is 0 Å². The maximum atomic E-state index is 5.73. The Bertz CT molecular complexity index is 228. The van der Waals surface area contributed by atoms with Crippen LogP contribution in [0.3, 0.4) is 0 Å². The zero-order valence-electron chi connectivity index (χ0n) is 11.4. The third-order valence-corrected chi connectivity index (χ3v) is 4.40. The number of hydrogen-bond donors (Lipinski definition) is 0. The molecule has 0 aromatic heterocycles. The Morgan fingerprint density at radius 1 is 1.19 bits per heavy atom. The molecule has 1 saturated heterocycles. The van der Waals surface area contributed by atoms with Gasteiger partial charge in [-0.2, -0.15) is 0 Å². The predicted octanol–water partition coefficient (Wildman–Crippen LogP) is 3.07. The van der Waals surface area contributed by atoms with Gasteiger partial charge in [0.1, 0.15) is 0 Å². The van der Waals surface area contributed by atoms with E-state index >= 15 is 0 Å². The van der Waals surface area contributed by atoms with Crippen LogP contribution in [0.2, 0.25) is 0 Å². The van der Waals surface area contributed by atoms with Gasteiger partial charge in [0, 0.05) is 25.2 Å². The molecule has 1 saturated carbocycles. The molecular weight excluding hydrogens is 198 g/mol. The number of hydrogen-bond acceptors (Lipinski definition) is 2. The summed E-state index contributed by atoms with van der Waals surface area (Å²) in [6, 6.07) is 0. The standard InChI is InChI=1S/C14H27NO/c1-5-16-12-6-8-14(9-7-12)10-15(11-14)13(2,3)4/h12H,5-11H2,1-4H3. The van der Waals surface area contributed by atoms with Gasteiger partial charge in [-0.25, -0.2) is 0 Å². The fourth-order valence-corrected chi connectivity index (χ4v) is 3.16. The van der Waals surface area contributed by atoms with Crippen molar-refractivity contribution in [2.45, 2.75) is 65.0 Å². The lowest BCUT2D eigenvalue weighted by atomic mass is 9.66. The van der Waals surface area contributed by atoms with Crippen molar-refractivity contribution >= 4 is 0 Å². The van der Waals surface area contributed by atoms with Crippen LogP contribution in [-0.2, 0) is 4.74 Å². The minimum Gasteiger partial charge on any atom is -0.379 e. The molecule has 1 heterocycles.